The lowest BCUT2D eigenvalue weighted by atomic mass is 10.0. The van der Waals surface area contributed by atoms with E-state index in [0.717, 1.165) is 11.1 Å². The van der Waals surface area contributed by atoms with Gasteiger partial charge < -0.3 is 9.80 Å². The molecule has 6 heteroatoms. The molecular formula is C23H28N4O2. The average Bonchev–Trinajstić information content (AvgIpc) is 2.87. The van der Waals surface area contributed by atoms with E-state index in [0.29, 0.717) is 12.8 Å². The monoisotopic (exact) mass is 394 g/mol. The van der Waals surface area contributed by atoms with Crippen LogP contribution in [0.5, 0.6) is 0 Å². The van der Waals surface area contributed by atoms with Crippen molar-refractivity contribution in [3.05, 3.63) is 71.8 Å². The fraction of sp³-hybridized carbons (Fsp3) is 0.391. The Kier molecular flexibility index (Phi) is 4.95. The lowest BCUT2D eigenvalue weighted by Crippen LogP contribution is -2.51. The number of rotatable bonds is 4. The maximum absolute atomic E-state index is 13.3. The first-order valence-electron chi connectivity index (χ1n) is 10.9. The van der Waals surface area contributed by atoms with Gasteiger partial charge in [-0.25, -0.2) is 0 Å². The Morgan fingerprint density at radius 2 is 1.14 bits per heavy atom. The molecule has 6 nitrogen and oxygen atoms in total. The van der Waals surface area contributed by atoms with Crippen LogP contribution >= 0.6 is 0 Å². The van der Waals surface area contributed by atoms with Gasteiger partial charge in [0.1, 0.15) is 0 Å². The lowest BCUT2D eigenvalue weighted by molar-refractivity contribution is -0.141. The highest BCUT2D eigenvalue weighted by Crippen LogP contribution is 2.23. The molecule has 0 spiro atoms. The van der Waals surface area contributed by atoms with Gasteiger partial charge in [0.15, 0.2) is 0 Å². The highest BCUT2D eigenvalue weighted by molar-refractivity contribution is 5.84. The summed E-state index contributed by atoms with van der Waals surface area (Å²) in [5.41, 5.74) is 1.91. The van der Waals surface area contributed by atoms with E-state index in [1.165, 1.54) is 9.80 Å². The summed E-state index contributed by atoms with van der Waals surface area (Å²) < 4.78 is 18.1. The first kappa shape index (κ1) is 17.2. The zero-order valence-electron chi connectivity index (χ0n) is 18.9. The van der Waals surface area contributed by atoms with Crippen molar-refractivity contribution in [3.8, 4) is 0 Å². The van der Waals surface area contributed by atoms with Gasteiger partial charge in [-0.2, -0.15) is 0 Å². The van der Waals surface area contributed by atoms with Crippen molar-refractivity contribution in [3.63, 3.8) is 0 Å². The lowest BCUT2D eigenvalue weighted by Gasteiger charge is -2.32. The molecule has 0 aliphatic carbocycles. The summed E-state index contributed by atoms with van der Waals surface area (Å²) in [6.07, 6.45) is 0.755. The third kappa shape index (κ3) is 4.18. The maximum atomic E-state index is 13.3. The minimum atomic E-state index is -1.97. The Morgan fingerprint density at radius 3 is 1.52 bits per heavy atom. The van der Waals surface area contributed by atoms with Crippen molar-refractivity contribution in [1.29, 1.82) is 0 Å². The van der Waals surface area contributed by atoms with E-state index in [2.05, 4.69) is 0 Å². The van der Waals surface area contributed by atoms with Crippen molar-refractivity contribution < 1.29 is 12.3 Å². The van der Waals surface area contributed by atoms with Crippen molar-refractivity contribution in [2.45, 2.75) is 24.9 Å². The van der Waals surface area contributed by atoms with E-state index in [9.17, 15) is 9.59 Å². The molecule has 4 atom stereocenters. The second-order valence-corrected chi connectivity index (χ2v) is 7.81. The smallest absolute Gasteiger partial charge is 0.241 e. The van der Waals surface area contributed by atoms with E-state index in [4.69, 9.17) is 2.74 Å². The summed E-state index contributed by atoms with van der Waals surface area (Å²) in [4.78, 5) is 32.8. The second kappa shape index (κ2) is 8.35. The Bertz CT molecular complexity index is 866. The molecule has 2 saturated heterocycles. The highest BCUT2D eigenvalue weighted by Gasteiger charge is 2.42. The standard InChI is InChI=1S/C23H28N4O2/c1-24-15-26-17-27(20(22(24)28)13-18-9-5-3-6-10-18)16-25(2)23(29)21(26)14-19-11-7-4-8-12-19/h3-12,20-21H,13-17H2,1-2H3/t20-,21+/i17D2. The molecule has 0 N–H and O–H groups in total. The van der Waals surface area contributed by atoms with Crippen LogP contribution in [-0.4, -0.2) is 77.6 Å². The molecule has 0 saturated carbocycles. The largest absolute Gasteiger partial charge is 0.331 e. The van der Waals surface area contributed by atoms with Crippen molar-refractivity contribution in [2.75, 3.05) is 34.1 Å². The molecule has 29 heavy (non-hydrogen) atoms. The molecule has 2 aromatic carbocycles. The Hall–Kier alpha value is -2.70. The van der Waals surface area contributed by atoms with Gasteiger partial charge in [0.2, 0.25) is 11.8 Å². The fourth-order valence-electron chi connectivity index (χ4n) is 4.01. The van der Waals surface area contributed by atoms with Crippen LogP contribution in [0.2, 0.25) is 0 Å². The summed E-state index contributed by atoms with van der Waals surface area (Å²) in [5, 5.41) is 0. The number of likely N-dealkylation sites (N-methyl/N-ethyl adjacent to an activating group) is 2. The number of nitrogens with zero attached hydrogens (tertiary/aromatic N) is 4. The van der Waals surface area contributed by atoms with Gasteiger partial charge in [-0.15, -0.1) is 0 Å². The third-order valence-electron chi connectivity index (χ3n) is 5.60. The Labute approximate surface area is 175 Å². The summed E-state index contributed by atoms with van der Waals surface area (Å²) in [7, 11) is 3.37. The van der Waals surface area contributed by atoms with Gasteiger partial charge in [-0.1, -0.05) is 60.7 Å². The van der Waals surface area contributed by atoms with Crippen molar-refractivity contribution in [1.82, 2.24) is 19.6 Å². The first-order chi connectivity index (χ1) is 14.8. The van der Waals surface area contributed by atoms with Gasteiger partial charge in [0.05, 0.1) is 34.8 Å². The van der Waals surface area contributed by atoms with Gasteiger partial charge in [0, 0.05) is 14.1 Å². The average molecular weight is 395 g/mol. The van der Waals surface area contributed by atoms with E-state index in [1.54, 1.807) is 23.9 Å². The number of fused-ring (bicyclic) bond motifs is 2. The molecule has 2 unspecified atom stereocenters. The van der Waals surface area contributed by atoms with E-state index >= 15 is 0 Å². The fourth-order valence-corrected chi connectivity index (χ4v) is 4.01. The van der Waals surface area contributed by atoms with E-state index < -0.39 is 18.7 Å². The van der Waals surface area contributed by atoms with Crippen LogP contribution in [0.25, 0.3) is 0 Å². The Morgan fingerprint density at radius 1 is 0.759 bits per heavy atom. The first-order valence-corrected chi connectivity index (χ1v) is 9.90. The number of carbonyl (C=O) groups excluding carboxylic acids is 2. The normalized spacial score (nSPS) is 30.3. The molecule has 2 aliphatic rings. The van der Waals surface area contributed by atoms with E-state index in [-0.39, 0.29) is 25.2 Å². The van der Waals surface area contributed by atoms with Crippen molar-refractivity contribution >= 4 is 11.8 Å². The molecular weight excluding hydrogens is 364 g/mol. The summed E-state index contributed by atoms with van der Waals surface area (Å²) in [6, 6.07) is 17.8. The molecule has 2 aromatic rings. The van der Waals surface area contributed by atoms with Crippen LogP contribution < -0.4 is 0 Å². The van der Waals surface area contributed by atoms with Crippen LogP contribution in [0.1, 0.15) is 13.9 Å². The topological polar surface area (TPSA) is 47.1 Å². The van der Waals surface area contributed by atoms with Crippen LogP contribution in [0, 0.1) is 0 Å². The minimum absolute atomic E-state index is 0.0463. The van der Waals surface area contributed by atoms with Crippen LogP contribution in [0.3, 0.4) is 0 Å². The maximum Gasteiger partial charge on any atom is 0.241 e. The number of hydrogen-bond donors (Lipinski definition) is 0. The zero-order valence-corrected chi connectivity index (χ0v) is 16.9. The van der Waals surface area contributed by atoms with Gasteiger partial charge in [0.25, 0.3) is 0 Å². The molecule has 152 valence electrons. The second-order valence-electron chi connectivity index (χ2n) is 7.81. The van der Waals surface area contributed by atoms with E-state index in [1.807, 2.05) is 60.7 Å². The number of carbonyl (C=O) groups is 2. The predicted octanol–water partition coefficient (Wildman–Crippen LogP) is 1.63. The molecule has 2 fully saturated rings. The molecule has 0 radical (unpaired) electrons. The predicted molar refractivity (Wildman–Crippen MR) is 112 cm³/mol. The zero-order chi connectivity index (χ0) is 22.2. The number of benzene rings is 2. The van der Waals surface area contributed by atoms with Gasteiger partial charge >= 0.3 is 0 Å². The summed E-state index contributed by atoms with van der Waals surface area (Å²) in [5.74, 6) is -0.284. The molecule has 2 bridgehead atoms. The molecule has 2 amide bonds. The van der Waals surface area contributed by atoms with Gasteiger partial charge in [-0.3, -0.25) is 19.4 Å². The quantitative estimate of drug-likeness (QED) is 0.791. The molecule has 2 aliphatic heterocycles. The van der Waals surface area contributed by atoms with Crippen LogP contribution in [-0.2, 0) is 22.4 Å². The third-order valence-corrected chi connectivity index (χ3v) is 5.60. The molecule has 0 aromatic heterocycles. The highest BCUT2D eigenvalue weighted by atomic mass is 16.2. The van der Waals surface area contributed by atoms with Gasteiger partial charge in [-0.05, 0) is 24.0 Å². The van der Waals surface area contributed by atoms with Crippen molar-refractivity contribution in [2.24, 2.45) is 0 Å². The number of hydrogen-bond acceptors (Lipinski definition) is 4. The minimum Gasteiger partial charge on any atom is -0.331 e. The summed E-state index contributed by atoms with van der Waals surface area (Å²) in [6.45, 7) is -1.88. The molecule has 2 heterocycles. The van der Waals surface area contributed by atoms with Crippen LogP contribution in [0.15, 0.2) is 60.7 Å². The summed E-state index contributed by atoms with van der Waals surface area (Å²) >= 11 is 0. The molecule has 4 rings (SSSR count). The van der Waals surface area contributed by atoms with Crippen LogP contribution in [0.4, 0.5) is 0 Å². The SMILES string of the molecule is [2H]C1([2H])N2CN(C)C(=O)[C@H](Cc3ccccc3)N1CN(C)C(=O)[C@H]2Cc1ccccc1. The Balaban J connectivity index is 1.74. The number of amides is 2.